The molecule has 0 aromatic rings. The number of ketones is 1. The lowest BCUT2D eigenvalue weighted by Gasteiger charge is -2.42. The molecule has 0 spiro atoms. The number of Topliss-reactive ketones (excluding diaryl/α,β-unsaturated/α-hetero) is 1. The molecule has 0 amide bonds. The molecule has 4 heteroatoms. The van der Waals surface area contributed by atoms with Gasteiger partial charge in [0.15, 0.2) is 5.78 Å². The summed E-state index contributed by atoms with van der Waals surface area (Å²) in [7, 11) is 0. The molecule has 0 aromatic heterocycles. The van der Waals surface area contributed by atoms with Crippen molar-refractivity contribution < 1.29 is 4.79 Å². The molecule has 0 aromatic carbocycles. The summed E-state index contributed by atoms with van der Waals surface area (Å²) in [5.74, 6) is 0.0433. The summed E-state index contributed by atoms with van der Waals surface area (Å²) in [4.78, 5) is 11.9. The average molecular weight is 282 g/mol. The van der Waals surface area contributed by atoms with Crippen LogP contribution < -0.4 is 0 Å². The zero-order valence-corrected chi connectivity index (χ0v) is 12.3. The van der Waals surface area contributed by atoms with E-state index in [4.69, 9.17) is 34.8 Å². The van der Waals surface area contributed by atoms with Crippen LogP contribution in [0.25, 0.3) is 0 Å². The molecule has 0 radical (unpaired) electrons. The molecule has 0 saturated heterocycles. The van der Waals surface area contributed by atoms with Crippen LogP contribution in [0.4, 0.5) is 0 Å². The molecule has 1 rings (SSSR count). The summed E-state index contributed by atoms with van der Waals surface area (Å²) < 4.78 is -1.45. The lowest BCUT2D eigenvalue weighted by Crippen LogP contribution is -2.39. The lowest BCUT2D eigenvalue weighted by molar-refractivity contribution is -0.112. The number of allylic oxidation sites excluding steroid dienone is 4. The molecule has 0 unspecified atom stereocenters. The molecule has 0 bridgehead atoms. The maximum atomic E-state index is 11.9. The van der Waals surface area contributed by atoms with E-state index < -0.39 is 9.21 Å². The first-order valence-corrected chi connectivity index (χ1v) is 6.15. The van der Waals surface area contributed by atoms with Gasteiger partial charge >= 0.3 is 0 Å². The molecule has 1 nitrogen and oxygen atoms in total. The van der Waals surface area contributed by atoms with Crippen molar-refractivity contribution in [2.45, 2.75) is 38.4 Å². The highest BCUT2D eigenvalue weighted by Crippen LogP contribution is 2.56. The van der Waals surface area contributed by atoms with Gasteiger partial charge < -0.3 is 0 Å². The zero-order valence-electron chi connectivity index (χ0n) is 10.0. The van der Waals surface area contributed by atoms with Crippen molar-refractivity contribution in [3.8, 4) is 0 Å². The van der Waals surface area contributed by atoms with Crippen LogP contribution in [0.2, 0.25) is 0 Å². The monoisotopic (exact) mass is 280 g/mol. The first-order chi connectivity index (χ1) is 7.05. The molecule has 0 atom stereocenters. The molecule has 0 N–H and O–H groups in total. The van der Waals surface area contributed by atoms with E-state index in [0.717, 1.165) is 11.1 Å². The summed E-state index contributed by atoms with van der Waals surface area (Å²) in [5.41, 5.74) is 2.31. The highest BCUT2D eigenvalue weighted by atomic mass is 35.6. The molecular weight excluding hydrogens is 266 g/mol. The third-order valence-electron chi connectivity index (χ3n) is 3.87. The van der Waals surface area contributed by atoms with Crippen molar-refractivity contribution in [3.63, 3.8) is 0 Å². The quantitative estimate of drug-likeness (QED) is 0.592. The molecular formula is C12H15Cl3O. The Morgan fingerprint density at radius 2 is 1.25 bits per heavy atom. The van der Waals surface area contributed by atoms with Crippen molar-refractivity contribution in [2.24, 2.45) is 5.41 Å². The van der Waals surface area contributed by atoms with E-state index in [1.807, 2.05) is 20.8 Å². The van der Waals surface area contributed by atoms with Crippen molar-refractivity contribution in [1.82, 2.24) is 0 Å². The number of alkyl halides is 3. The standard InChI is InChI=1S/C12H15Cl3O/c1-6-8(3)11(5,12(13,14)15)9(4)7(2)10(6)16/h1-5H3. The Kier molecular flexibility index (Phi) is 3.56. The molecule has 0 heterocycles. The largest absolute Gasteiger partial charge is 0.289 e. The Morgan fingerprint density at radius 1 is 0.938 bits per heavy atom. The second-order valence-electron chi connectivity index (χ2n) is 4.45. The minimum absolute atomic E-state index is 0.0433. The number of rotatable bonds is 0. The molecule has 1 aliphatic rings. The fourth-order valence-electron chi connectivity index (χ4n) is 2.08. The SMILES string of the molecule is CC1=C(C)C(C)(C(Cl)(Cl)Cl)C(C)=C(C)C1=O. The van der Waals surface area contributed by atoms with Crippen molar-refractivity contribution >= 4 is 40.6 Å². The van der Waals surface area contributed by atoms with Crippen LogP contribution in [0.1, 0.15) is 34.6 Å². The van der Waals surface area contributed by atoms with Gasteiger partial charge in [0.2, 0.25) is 3.79 Å². The smallest absolute Gasteiger partial charge is 0.203 e. The minimum atomic E-state index is -1.45. The fraction of sp³-hybridized carbons (Fsp3) is 0.583. The molecule has 0 aliphatic heterocycles. The minimum Gasteiger partial charge on any atom is -0.289 e. The second-order valence-corrected chi connectivity index (χ2v) is 6.73. The van der Waals surface area contributed by atoms with Crippen LogP contribution in [-0.2, 0) is 4.79 Å². The predicted octanol–water partition coefficient (Wildman–Crippen LogP) is 4.62. The predicted molar refractivity (Wildman–Crippen MR) is 70.2 cm³/mol. The topological polar surface area (TPSA) is 17.1 Å². The number of hydrogen-bond acceptors (Lipinski definition) is 1. The lowest BCUT2D eigenvalue weighted by atomic mass is 9.69. The Hall–Kier alpha value is 0.0200. The molecule has 1 aliphatic carbocycles. The summed E-state index contributed by atoms with van der Waals surface area (Å²) >= 11 is 18.2. The van der Waals surface area contributed by atoms with Crippen LogP contribution in [0.15, 0.2) is 22.3 Å². The van der Waals surface area contributed by atoms with Gasteiger partial charge in [-0.3, -0.25) is 4.79 Å². The van der Waals surface area contributed by atoms with E-state index in [-0.39, 0.29) is 5.78 Å². The normalized spacial score (nSPS) is 21.9. The number of carbonyl (C=O) groups excluding carboxylic acids is 1. The summed E-state index contributed by atoms with van der Waals surface area (Å²) in [6.45, 7) is 9.13. The van der Waals surface area contributed by atoms with Crippen LogP contribution in [0.3, 0.4) is 0 Å². The number of hydrogen-bond donors (Lipinski definition) is 0. The van der Waals surface area contributed by atoms with Gasteiger partial charge in [0, 0.05) is 0 Å². The van der Waals surface area contributed by atoms with E-state index in [1.165, 1.54) is 0 Å². The highest BCUT2D eigenvalue weighted by Gasteiger charge is 2.50. The van der Waals surface area contributed by atoms with Crippen molar-refractivity contribution in [2.75, 3.05) is 0 Å². The van der Waals surface area contributed by atoms with E-state index in [0.29, 0.717) is 11.1 Å². The summed E-state index contributed by atoms with van der Waals surface area (Å²) in [6, 6.07) is 0. The maximum absolute atomic E-state index is 11.9. The zero-order chi connectivity index (χ0) is 12.9. The molecule has 0 fully saturated rings. The Morgan fingerprint density at radius 3 is 1.50 bits per heavy atom. The van der Waals surface area contributed by atoms with Gasteiger partial charge in [0.25, 0.3) is 0 Å². The molecule has 90 valence electrons. The van der Waals surface area contributed by atoms with E-state index >= 15 is 0 Å². The Labute approximate surface area is 111 Å². The van der Waals surface area contributed by atoms with Crippen LogP contribution in [0, 0.1) is 5.41 Å². The van der Waals surface area contributed by atoms with Crippen LogP contribution in [-0.4, -0.2) is 9.58 Å². The fourth-order valence-corrected chi connectivity index (χ4v) is 2.93. The van der Waals surface area contributed by atoms with Gasteiger partial charge in [-0.2, -0.15) is 0 Å². The maximum Gasteiger partial charge on any atom is 0.203 e. The highest BCUT2D eigenvalue weighted by molar-refractivity contribution is 6.68. The average Bonchev–Trinajstić information content (AvgIpc) is 2.19. The molecule has 0 saturated carbocycles. The van der Waals surface area contributed by atoms with E-state index in [9.17, 15) is 4.79 Å². The Bertz CT molecular complexity index is 382. The van der Waals surface area contributed by atoms with Gasteiger partial charge in [0.05, 0.1) is 5.41 Å². The van der Waals surface area contributed by atoms with Gasteiger partial charge in [-0.1, -0.05) is 45.9 Å². The Balaban J connectivity index is 3.57. The first-order valence-electron chi connectivity index (χ1n) is 5.02. The summed E-state index contributed by atoms with van der Waals surface area (Å²) in [6.07, 6.45) is 0. The van der Waals surface area contributed by atoms with Gasteiger partial charge in [-0.05, 0) is 45.8 Å². The third kappa shape index (κ3) is 1.73. The molecule has 16 heavy (non-hydrogen) atoms. The summed E-state index contributed by atoms with van der Waals surface area (Å²) in [5, 5.41) is 0. The van der Waals surface area contributed by atoms with Crippen LogP contribution in [0.5, 0.6) is 0 Å². The van der Waals surface area contributed by atoms with Crippen molar-refractivity contribution in [3.05, 3.63) is 22.3 Å². The number of halogens is 3. The van der Waals surface area contributed by atoms with Crippen LogP contribution >= 0.6 is 34.8 Å². The van der Waals surface area contributed by atoms with E-state index in [1.54, 1.807) is 13.8 Å². The van der Waals surface area contributed by atoms with Gasteiger partial charge in [-0.15, -0.1) is 0 Å². The first kappa shape index (κ1) is 14.1. The van der Waals surface area contributed by atoms with Gasteiger partial charge in [0.1, 0.15) is 0 Å². The van der Waals surface area contributed by atoms with Gasteiger partial charge in [-0.25, -0.2) is 0 Å². The second kappa shape index (κ2) is 4.04. The van der Waals surface area contributed by atoms with E-state index in [2.05, 4.69) is 0 Å². The third-order valence-corrected chi connectivity index (χ3v) is 5.01. The number of carbonyl (C=O) groups is 1. The van der Waals surface area contributed by atoms with Crippen molar-refractivity contribution in [1.29, 1.82) is 0 Å².